The van der Waals surface area contributed by atoms with Gasteiger partial charge in [0.05, 0.1) is 6.26 Å². The van der Waals surface area contributed by atoms with Crippen LogP contribution < -0.4 is 11.1 Å². The lowest BCUT2D eigenvalue weighted by Gasteiger charge is -1.97. The highest BCUT2D eigenvalue weighted by molar-refractivity contribution is 5.05. The van der Waals surface area contributed by atoms with Crippen LogP contribution in [0.1, 0.15) is 5.56 Å². The standard InChI is InChI=1S/C7H11FN2O/c8-7-3-6(5-11-7)4-10-2-1-9/h3,5,10H,1-2,4,9H2. The fourth-order valence-corrected chi connectivity index (χ4v) is 0.773. The van der Waals surface area contributed by atoms with Crippen LogP contribution in [0.25, 0.3) is 0 Å². The Morgan fingerprint density at radius 3 is 3.00 bits per heavy atom. The Balaban J connectivity index is 2.27. The predicted octanol–water partition coefficient (Wildman–Crippen LogP) is 0.467. The summed E-state index contributed by atoms with van der Waals surface area (Å²) in [6.45, 7) is 1.91. The molecule has 0 saturated heterocycles. The topological polar surface area (TPSA) is 51.2 Å². The van der Waals surface area contributed by atoms with Gasteiger partial charge in [-0.15, -0.1) is 0 Å². The summed E-state index contributed by atoms with van der Waals surface area (Å²) in [7, 11) is 0. The third kappa shape index (κ3) is 2.69. The van der Waals surface area contributed by atoms with E-state index in [1.807, 2.05) is 0 Å². The van der Waals surface area contributed by atoms with Crippen molar-refractivity contribution in [3.63, 3.8) is 0 Å². The van der Waals surface area contributed by atoms with Crippen LogP contribution in [0.5, 0.6) is 0 Å². The van der Waals surface area contributed by atoms with Crippen molar-refractivity contribution in [3.05, 3.63) is 23.9 Å². The van der Waals surface area contributed by atoms with E-state index in [4.69, 9.17) is 5.73 Å². The first-order valence-electron chi connectivity index (χ1n) is 3.46. The molecule has 0 atom stereocenters. The van der Waals surface area contributed by atoms with Gasteiger partial charge in [0.25, 0.3) is 6.01 Å². The molecule has 0 aliphatic rings. The summed E-state index contributed by atoms with van der Waals surface area (Å²) in [5.41, 5.74) is 6.04. The number of furan rings is 1. The molecule has 1 aromatic heterocycles. The molecule has 0 radical (unpaired) electrons. The highest BCUT2D eigenvalue weighted by Crippen LogP contribution is 2.04. The van der Waals surface area contributed by atoms with Gasteiger partial charge in [-0.1, -0.05) is 0 Å². The molecule has 0 spiro atoms. The van der Waals surface area contributed by atoms with E-state index in [1.165, 1.54) is 12.3 Å². The zero-order valence-electron chi connectivity index (χ0n) is 6.14. The van der Waals surface area contributed by atoms with Crippen molar-refractivity contribution in [2.45, 2.75) is 6.54 Å². The smallest absolute Gasteiger partial charge is 0.277 e. The Kier molecular flexibility index (Phi) is 3.07. The Morgan fingerprint density at radius 2 is 2.45 bits per heavy atom. The summed E-state index contributed by atoms with van der Waals surface area (Å²) in [6, 6.07) is 0.804. The number of halogens is 1. The van der Waals surface area contributed by atoms with E-state index in [0.29, 0.717) is 13.1 Å². The summed E-state index contributed by atoms with van der Waals surface area (Å²) >= 11 is 0. The average Bonchev–Trinajstić information content (AvgIpc) is 2.37. The lowest BCUT2D eigenvalue weighted by atomic mass is 10.3. The molecule has 0 aliphatic heterocycles. The lowest BCUT2D eigenvalue weighted by Crippen LogP contribution is -2.21. The summed E-state index contributed by atoms with van der Waals surface area (Å²) in [5.74, 6) is 0. The van der Waals surface area contributed by atoms with E-state index in [9.17, 15) is 4.39 Å². The number of rotatable bonds is 4. The van der Waals surface area contributed by atoms with Crippen LogP contribution >= 0.6 is 0 Å². The third-order valence-corrected chi connectivity index (χ3v) is 1.27. The third-order valence-electron chi connectivity index (χ3n) is 1.27. The molecule has 0 amide bonds. The molecule has 0 saturated carbocycles. The van der Waals surface area contributed by atoms with Crippen molar-refractivity contribution in [2.75, 3.05) is 13.1 Å². The lowest BCUT2D eigenvalue weighted by molar-refractivity contribution is 0.358. The number of nitrogens with one attached hydrogen (secondary N) is 1. The molecular formula is C7H11FN2O. The van der Waals surface area contributed by atoms with E-state index in [0.717, 1.165) is 12.1 Å². The van der Waals surface area contributed by atoms with Crippen molar-refractivity contribution >= 4 is 0 Å². The van der Waals surface area contributed by atoms with Crippen LogP contribution in [0, 0.1) is 6.01 Å². The predicted molar refractivity (Wildman–Crippen MR) is 39.4 cm³/mol. The second kappa shape index (κ2) is 4.10. The molecular weight excluding hydrogens is 147 g/mol. The van der Waals surface area contributed by atoms with Crippen molar-refractivity contribution in [2.24, 2.45) is 5.73 Å². The van der Waals surface area contributed by atoms with Crippen molar-refractivity contribution in [1.29, 1.82) is 0 Å². The van der Waals surface area contributed by atoms with Gasteiger partial charge < -0.3 is 15.5 Å². The van der Waals surface area contributed by atoms with Crippen molar-refractivity contribution in [3.8, 4) is 0 Å². The molecule has 1 heterocycles. The molecule has 11 heavy (non-hydrogen) atoms. The molecule has 62 valence electrons. The zero-order chi connectivity index (χ0) is 8.10. The highest BCUT2D eigenvalue weighted by Gasteiger charge is 1.97. The molecule has 0 fully saturated rings. The molecule has 3 N–H and O–H groups in total. The van der Waals surface area contributed by atoms with Crippen molar-refractivity contribution in [1.82, 2.24) is 5.32 Å². The number of hydrogen-bond donors (Lipinski definition) is 2. The molecule has 0 unspecified atom stereocenters. The molecule has 3 nitrogen and oxygen atoms in total. The van der Waals surface area contributed by atoms with Gasteiger partial charge in [0, 0.05) is 31.3 Å². The molecule has 1 aromatic rings. The fourth-order valence-electron chi connectivity index (χ4n) is 0.773. The largest absolute Gasteiger partial charge is 0.439 e. The van der Waals surface area contributed by atoms with Gasteiger partial charge in [-0.25, -0.2) is 0 Å². The van der Waals surface area contributed by atoms with E-state index in [2.05, 4.69) is 9.73 Å². The van der Waals surface area contributed by atoms with E-state index >= 15 is 0 Å². The molecule has 1 rings (SSSR count). The van der Waals surface area contributed by atoms with Gasteiger partial charge in [-0.2, -0.15) is 4.39 Å². The summed E-state index contributed by atoms with van der Waals surface area (Å²) in [5, 5.41) is 3.01. The monoisotopic (exact) mass is 158 g/mol. The van der Waals surface area contributed by atoms with E-state index < -0.39 is 6.01 Å². The Bertz CT molecular complexity index is 212. The molecule has 0 bridgehead atoms. The second-order valence-corrected chi connectivity index (χ2v) is 2.22. The first-order valence-corrected chi connectivity index (χ1v) is 3.46. The summed E-state index contributed by atoms with van der Waals surface area (Å²) in [6.07, 6.45) is 1.39. The highest BCUT2D eigenvalue weighted by atomic mass is 19.1. The van der Waals surface area contributed by atoms with Crippen LogP contribution in [0.4, 0.5) is 4.39 Å². The van der Waals surface area contributed by atoms with Gasteiger partial charge in [0.1, 0.15) is 0 Å². The Hall–Kier alpha value is -0.870. The van der Waals surface area contributed by atoms with Crippen LogP contribution in [-0.2, 0) is 6.54 Å². The quantitative estimate of drug-likeness (QED) is 0.626. The minimum Gasteiger partial charge on any atom is -0.439 e. The summed E-state index contributed by atoms with van der Waals surface area (Å²) in [4.78, 5) is 0. The number of hydrogen-bond acceptors (Lipinski definition) is 3. The van der Waals surface area contributed by atoms with Gasteiger partial charge in [0.2, 0.25) is 0 Å². The summed E-state index contributed by atoms with van der Waals surface area (Å²) < 4.78 is 16.7. The van der Waals surface area contributed by atoms with E-state index in [1.54, 1.807) is 0 Å². The average molecular weight is 158 g/mol. The van der Waals surface area contributed by atoms with Gasteiger partial charge in [0.15, 0.2) is 0 Å². The Labute approximate surface area is 64.4 Å². The normalized spacial score (nSPS) is 10.4. The van der Waals surface area contributed by atoms with Gasteiger partial charge in [-0.05, 0) is 0 Å². The number of nitrogens with two attached hydrogens (primary N) is 1. The van der Waals surface area contributed by atoms with E-state index in [-0.39, 0.29) is 0 Å². The minimum atomic E-state index is -0.547. The first kappa shape index (κ1) is 8.23. The Morgan fingerprint density at radius 1 is 1.64 bits per heavy atom. The molecule has 0 aliphatic carbocycles. The fraction of sp³-hybridized carbons (Fsp3) is 0.429. The van der Waals surface area contributed by atoms with Gasteiger partial charge >= 0.3 is 0 Å². The maximum absolute atomic E-state index is 12.2. The first-order chi connectivity index (χ1) is 5.33. The molecule has 0 aromatic carbocycles. The van der Waals surface area contributed by atoms with Crippen LogP contribution in [-0.4, -0.2) is 13.1 Å². The maximum atomic E-state index is 12.2. The van der Waals surface area contributed by atoms with Crippen LogP contribution in [0.3, 0.4) is 0 Å². The minimum absolute atomic E-state index is 0.547. The van der Waals surface area contributed by atoms with Crippen LogP contribution in [0.15, 0.2) is 16.7 Å². The van der Waals surface area contributed by atoms with Crippen molar-refractivity contribution < 1.29 is 8.81 Å². The van der Waals surface area contributed by atoms with Gasteiger partial charge in [-0.3, -0.25) is 0 Å². The maximum Gasteiger partial charge on any atom is 0.277 e. The zero-order valence-corrected chi connectivity index (χ0v) is 6.14. The molecule has 4 heteroatoms. The second-order valence-electron chi connectivity index (χ2n) is 2.22. The van der Waals surface area contributed by atoms with Crippen LogP contribution in [0.2, 0.25) is 0 Å². The SMILES string of the molecule is NCCNCc1coc(F)c1.